The van der Waals surface area contributed by atoms with Crippen molar-refractivity contribution in [1.82, 2.24) is 5.32 Å². The van der Waals surface area contributed by atoms with Crippen LogP contribution in [0.25, 0.3) is 0 Å². The molecule has 1 aliphatic rings. The van der Waals surface area contributed by atoms with E-state index in [4.69, 9.17) is 4.74 Å². The smallest absolute Gasteiger partial charge is 0.122 e. The van der Waals surface area contributed by atoms with Gasteiger partial charge < -0.3 is 10.1 Å². The number of nitrogens with one attached hydrogen (secondary N) is 1. The summed E-state index contributed by atoms with van der Waals surface area (Å²) in [4.78, 5) is 0. The van der Waals surface area contributed by atoms with Crippen LogP contribution in [-0.4, -0.2) is 20.2 Å². The number of hydrogen-bond donors (Lipinski definition) is 1. The van der Waals surface area contributed by atoms with E-state index in [1.165, 1.54) is 30.4 Å². The van der Waals surface area contributed by atoms with E-state index in [0.717, 1.165) is 12.2 Å². The second-order valence-electron chi connectivity index (χ2n) is 6.03. The Hall–Kier alpha value is -1.02. The van der Waals surface area contributed by atoms with E-state index in [2.05, 4.69) is 44.4 Å². The molecular weight excluding hydrogens is 222 g/mol. The van der Waals surface area contributed by atoms with E-state index in [0.29, 0.717) is 11.5 Å². The molecule has 0 spiro atoms. The Bertz CT molecular complexity index is 416. The van der Waals surface area contributed by atoms with Gasteiger partial charge in [-0.2, -0.15) is 0 Å². The topological polar surface area (TPSA) is 21.3 Å². The summed E-state index contributed by atoms with van der Waals surface area (Å²) in [5, 5.41) is 3.41. The Morgan fingerprint density at radius 3 is 2.83 bits per heavy atom. The van der Waals surface area contributed by atoms with Crippen LogP contribution in [0, 0.1) is 12.3 Å². The average molecular weight is 247 g/mol. The van der Waals surface area contributed by atoms with Crippen LogP contribution >= 0.6 is 0 Å². The average Bonchev–Trinajstić information content (AvgIpc) is 2.71. The van der Waals surface area contributed by atoms with Crippen LogP contribution in [0.15, 0.2) is 18.2 Å². The fourth-order valence-electron chi connectivity index (χ4n) is 3.23. The monoisotopic (exact) mass is 247 g/mol. The van der Waals surface area contributed by atoms with Gasteiger partial charge in [0.25, 0.3) is 0 Å². The molecule has 0 saturated heterocycles. The van der Waals surface area contributed by atoms with Crippen molar-refractivity contribution in [3.8, 4) is 5.75 Å². The third-order valence-electron chi connectivity index (χ3n) is 4.30. The summed E-state index contributed by atoms with van der Waals surface area (Å²) in [5.41, 5.74) is 3.09. The number of aryl methyl sites for hydroxylation is 1. The highest BCUT2D eigenvalue weighted by Crippen LogP contribution is 2.42. The van der Waals surface area contributed by atoms with Crippen LogP contribution in [0.2, 0.25) is 0 Å². The van der Waals surface area contributed by atoms with Gasteiger partial charge in [-0.3, -0.25) is 0 Å². The summed E-state index contributed by atoms with van der Waals surface area (Å²) >= 11 is 0. The Kier molecular flexibility index (Phi) is 3.96. The summed E-state index contributed by atoms with van der Waals surface area (Å²) < 4.78 is 5.49. The highest BCUT2D eigenvalue weighted by Gasteiger charge is 2.34. The van der Waals surface area contributed by atoms with Crippen LogP contribution in [0.3, 0.4) is 0 Å². The van der Waals surface area contributed by atoms with E-state index in [9.17, 15) is 0 Å². The van der Waals surface area contributed by atoms with Crippen LogP contribution in [-0.2, 0) is 6.42 Å². The molecule has 18 heavy (non-hydrogen) atoms. The van der Waals surface area contributed by atoms with Crippen molar-refractivity contribution in [2.75, 3.05) is 14.2 Å². The molecule has 1 aromatic rings. The van der Waals surface area contributed by atoms with Gasteiger partial charge in [0.1, 0.15) is 5.75 Å². The standard InChI is InChI=1S/C16H25NO/c1-12-5-6-15(18-4)13(9-12)10-16(2)8-7-14(11-16)17-3/h5-6,9,14,17H,7-8,10-11H2,1-4H3. The van der Waals surface area contributed by atoms with E-state index >= 15 is 0 Å². The first-order chi connectivity index (χ1) is 8.56. The molecule has 2 atom stereocenters. The zero-order chi connectivity index (χ0) is 13.2. The van der Waals surface area contributed by atoms with E-state index in [1.807, 2.05) is 0 Å². The van der Waals surface area contributed by atoms with E-state index in [-0.39, 0.29) is 0 Å². The quantitative estimate of drug-likeness (QED) is 0.881. The second-order valence-corrected chi connectivity index (χ2v) is 6.03. The lowest BCUT2D eigenvalue weighted by atomic mass is 9.81. The van der Waals surface area contributed by atoms with Gasteiger partial charge in [0.15, 0.2) is 0 Å². The Labute approximate surface area is 111 Å². The molecule has 2 unspecified atom stereocenters. The lowest BCUT2D eigenvalue weighted by molar-refractivity contribution is 0.316. The van der Waals surface area contributed by atoms with Crippen LogP contribution in [0.1, 0.15) is 37.3 Å². The Morgan fingerprint density at radius 2 is 2.22 bits per heavy atom. The molecule has 100 valence electrons. The predicted octanol–water partition coefficient (Wildman–Crippen LogP) is 3.32. The minimum absolute atomic E-state index is 0.411. The minimum atomic E-state index is 0.411. The van der Waals surface area contributed by atoms with Crippen molar-refractivity contribution in [1.29, 1.82) is 0 Å². The summed E-state index contributed by atoms with van der Waals surface area (Å²) in [6, 6.07) is 7.18. The largest absolute Gasteiger partial charge is 0.496 e. The predicted molar refractivity (Wildman–Crippen MR) is 76.2 cm³/mol. The normalized spacial score (nSPS) is 27.4. The summed E-state index contributed by atoms with van der Waals surface area (Å²) in [6.45, 7) is 4.56. The van der Waals surface area contributed by atoms with Gasteiger partial charge in [-0.15, -0.1) is 0 Å². The number of rotatable bonds is 4. The molecule has 1 N–H and O–H groups in total. The molecule has 2 heteroatoms. The van der Waals surface area contributed by atoms with Gasteiger partial charge in [-0.1, -0.05) is 24.6 Å². The maximum Gasteiger partial charge on any atom is 0.122 e. The van der Waals surface area contributed by atoms with Crippen molar-refractivity contribution in [2.24, 2.45) is 5.41 Å². The highest BCUT2D eigenvalue weighted by atomic mass is 16.5. The zero-order valence-electron chi connectivity index (χ0n) is 12.0. The van der Waals surface area contributed by atoms with Gasteiger partial charge in [0.2, 0.25) is 0 Å². The first-order valence-corrected chi connectivity index (χ1v) is 6.87. The van der Waals surface area contributed by atoms with Crippen LogP contribution in [0.5, 0.6) is 5.75 Å². The van der Waals surface area contributed by atoms with Gasteiger partial charge >= 0.3 is 0 Å². The Morgan fingerprint density at radius 1 is 1.44 bits per heavy atom. The minimum Gasteiger partial charge on any atom is -0.496 e. The van der Waals surface area contributed by atoms with E-state index in [1.54, 1.807) is 7.11 Å². The third kappa shape index (κ3) is 2.86. The van der Waals surface area contributed by atoms with Crippen molar-refractivity contribution < 1.29 is 4.74 Å². The van der Waals surface area contributed by atoms with Crippen molar-refractivity contribution in [2.45, 2.75) is 45.6 Å². The first-order valence-electron chi connectivity index (χ1n) is 6.87. The number of methoxy groups -OCH3 is 1. The summed E-state index contributed by atoms with van der Waals surface area (Å²) in [5.74, 6) is 1.04. The molecule has 2 nitrogen and oxygen atoms in total. The van der Waals surface area contributed by atoms with Crippen molar-refractivity contribution in [3.05, 3.63) is 29.3 Å². The van der Waals surface area contributed by atoms with Crippen molar-refractivity contribution in [3.63, 3.8) is 0 Å². The molecule has 0 aromatic heterocycles. The molecule has 1 aliphatic carbocycles. The fraction of sp³-hybridized carbons (Fsp3) is 0.625. The molecular formula is C16H25NO. The lowest BCUT2D eigenvalue weighted by Crippen LogP contribution is -2.24. The number of benzene rings is 1. The molecule has 0 bridgehead atoms. The zero-order valence-corrected chi connectivity index (χ0v) is 12.0. The highest BCUT2D eigenvalue weighted by molar-refractivity contribution is 5.37. The first kappa shape index (κ1) is 13.4. The molecule has 1 saturated carbocycles. The fourth-order valence-corrected chi connectivity index (χ4v) is 3.23. The van der Waals surface area contributed by atoms with Gasteiger partial charge in [0.05, 0.1) is 7.11 Å². The van der Waals surface area contributed by atoms with E-state index < -0.39 is 0 Å². The molecule has 1 aromatic carbocycles. The summed E-state index contributed by atoms with van der Waals surface area (Å²) in [7, 11) is 3.84. The lowest BCUT2D eigenvalue weighted by Gasteiger charge is -2.25. The SMILES string of the molecule is CNC1CCC(C)(Cc2cc(C)ccc2OC)C1. The van der Waals surface area contributed by atoms with Crippen molar-refractivity contribution >= 4 is 0 Å². The Balaban J connectivity index is 2.16. The number of ether oxygens (including phenoxy) is 1. The molecule has 0 heterocycles. The molecule has 0 radical (unpaired) electrons. The van der Waals surface area contributed by atoms with Crippen LogP contribution in [0.4, 0.5) is 0 Å². The van der Waals surface area contributed by atoms with Gasteiger partial charge in [-0.25, -0.2) is 0 Å². The molecule has 0 amide bonds. The summed E-state index contributed by atoms with van der Waals surface area (Å²) in [6.07, 6.45) is 4.98. The maximum atomic E-state index is 5.49. The third-order valence-corrected chi connectivity index (χ3v) is 4.30. The van der Waals surface area contributed by atoms with Crippen LogP contribution < -0.4 is 10.1 Å². The molecule has 1 fully saturated rings. The molecule has 2 rings (SSSR count). The second kappa shape index (κ2) is 5.31. The number of hydrogen-bond acceptors (Lipinski definition) is 2. The maximum absolute atomic E-state index is 5.49. The molecule has 0 aliphatic heterocycles. The van der Waals surface area contributed by atoms with Gasteiger partial charge in [0, 0.05) is 6.04 Å². The van der Waals surface area contributed by atoms with Gasteiger partial charge in [-0.05, 0) is 56.7 Å².